The molecule has 1 amide bonds. The number of hydrogen-bond acceptors (Lipinski definition) is 4. The molecule has 0 aromatic carbocycles. The molecule has 0 radical (unpaired) electrons. The number of rotatable bonds is 5. The number of piperidine rings is 1. The number of carbonyl (C=O) groups is 1. The van der Waals surface area contributed by atoms with Crippen molar-refractivity contribution < 1.29 is 14.3 Å². The van der Waals surface area contributed by atoms with Gasteiger partial charge >= 0.3 is 0 Å². The Morgan fingerprint density at radius 2 is 2.21 bits per heavy atom. The molecule has 132 valence electrons. The van der Waals surface area contributed by atoms with Gasteiger partial charge in [-0.3, -0.25) is 9.78 Å². The predicted octanol–water partition coefficient (Wildman–Crippen LogP) is 2.71. The highest BCUT2D eigenvalue weighted by molar-refractivity contribution is 5.73. The van der Waals surface area contributed by atoms with Crippen LogP contribution in [0.3, 0.4) is 0 Å². The van der Waals surface area contributed by atoms with Crippen molar-refractivity contribution in [1.29, 1.82) is 0 Å². The SMILES string of the molecule is CC(=O)N1CCC2(CC1)OCC[C@@H]2CCOCc1cccc(C)n1. The number of aromatic nitrogens is 1. The maximum Gasteiger partial charge on any atom is 0.219 e. The molecule has 2 aliphatic rings. The largest absolute Gasteiger partial charge is 0.375 e. The fourth-order valence-electron chi connectivity index (χ4n) is 4.03. The van der Waals surface area contributed by atoms with Crippen molar-refractivity contribution >= 4 is 5.91 Å². The van der Waals surface area contributed by atoms with Crippen LogP contribution in [-0.4, -0.2) is 47.7 Å². The van der Waals surface area contributed by atoms with Crippen LogP contribution in [0.1, 0.15) is 44.0 Å². The van der Waals surface area contributed by atoms with E-state index in [9.17, 15) is 4.79 Å². The summed E-state index contributed by atoms with van der Waals surface area (Å²) in [6.07, 6.45) is 4.03. The lowest BCUT2D eigenvalue weighted by atomic mass is 9.78. The molecule has 0 saturated carbocycles. The molecule has 2 saturated heterocycles. The number of ether oxygens (including phenoxy) is 2. The number of amides is 1. The van der Waals surface area contributed by atoms with Crippen LogP contribution in [0.2, 0.25) is 0 Å². The summed E-state index contributed by atoms with van der Waals surface area (Å²) in [5, 5.41) is 0. The first-order valence-corrected chi connectivity index (χ1v) is 8.99. The molecule has 2 aliphatic heterocycles. The molecule has 0 bridgehead atoms. The second-order valence-electron chi connectivity index (χ2n) is 7.02. The molecule has 0 unspecified atom stereocenters. The zero-order valence-corrected chi connectivity index (χ0v) is 14.8. The number of hydrogen-bond donors (Lipinski definition) is 0. The summed E-state index contributed by atoms with van der Waals surface area (Å²) in [4.78, 5) is 17.9. The summed E-state index contributed by atoms with van der Waals surface area (Å²) in [6, 6.07) is 6.02. The second kappa shape index (κ2) is 7.62. The van der Waals surface area contributed by atoms with Crippen molar-refractivity contribution in [3.63, 3.8) is 0 Å². The van der Waals surface area contributed by atoms with Crippen LogP contribution in [-0.2, 0) is 20.9 Å². The average Bonchev–Trinajstić information content (AvgIpc) is 2.94. The fraction of sp³-hybridized carbons (Fsp3) is 0.684. The Morgan fingerprint density at radius 1 is 1.42 bits per heavy atom. The number of pyridine rings is 1. The van der Waals surface area contributed by atoms with Crippen LogP contribution in [0, 0.1) is 12.8 Å². The molecular formula is C19H28N2O3. The zero-order chi connectivity index (χ0) is 17.0. The lowest BCUT2D eigenvalue weighted by Crippen LogP contribution is -2.49. The topological polar surface area (TPSA) is 51.7 Å². The maximum atomic E-state index is 11.5. The molecule has 1 spiro atoms. The quantitative estimate of drug-likeness (QED) is 0.778. The predicted molar refractivity (Wildman–Crippen MR) is 91.5 cm³/mol. The smallest absolute Gasteiger partial charge is 0.219 e. The van der Waals surface area contributed by atoms with Crippen LogP contribution >= 0.6 is 0 Å². The normalized spacial score (nSPS) is 22.9. The first-order valence-electron chi connectivity index (χ1n) is 8.99. The molecule has 5 nitrogen and oxygen atoms in total. The third-order valence-corrected chi connectivity index (χ3v) is 5.46. The summed E-state index contributed by atoms with van der Waals surface area (Å²) in [6.45, 7) is 7.43. The highest BCUT2D eigenvalue weighted by Crippen LogP contribution is 2.42. The zero-order valence-electron chi connectivity index (χ0n) is 14.8. The van der Waals surface area contributed by atoms with Crippen LogP contribution in [0.25, 0.3) is 0 Å². The Labute approximate surface area is 144 Å². The highest BCUT2D eigenvalue weighted by Gasteiger charge is 2.46. The van der Waals surface area contributed by atoms with Gasteiger partial charge in [-0.1, -0.05) is 6.07 Å². The van der Waals surface area contributed by atoms with E-state index in [1.165, 1.54) is 0 Å². The number of aryl methyl sites for hydroxylation is 1. The molecule has 24 heavy (non-hydrogen) atoms. The van der Waals surface area contributed by atoms with Gasteiger partial charge in [-0.25, -0.2) is 0 Å². The monoisotopic (exact) mass is 332 g/mol. The van der Waals surface area contributed by atoms with Gasteiger partial charge in [-0.2, -0.15) is 0 Å². The van der Waals surface area contributed by atoms with Gasteiger partial charge in [0.2, 0.25) is 5.91 Å². The van der Waals surface area contributed by atoms with E-state index in [2.05, 4.69) is 4.98 Å². The Kier molecular flexibility index (Phi) is 5.51. The Bertz CT molecular complexity index is 567. The summed E-state index contributed by atoms with van der Waals surface area (Å²) < 4.78 is 12.0. The molecular weight excluding hydrogens is 304 g/mol. The van der Waals surface area contributed by atoms with Crippen LogP contribution in [0.15, 0.2) is 18.2 Å². The van der Waals surface area contributed by atoms with E-state index in [4.69, 9.17) is 9.47 Å². The van der Waals surface area contributed by atoms with Gasteiger partial charge in [0.1, 0.15) is 0 Å². The Hall–Kier alpha value is -1.46. The van der Waals surface area contributed by atoms with E-state index >= 15 is 0 Å². The van der Waals surface area contributed by atoms with Crippen molar-refractivity contribution in [3.05, 3.63) is 29.6 Å². The maximum absolute atomic E-state index is 11.5. The van der Waals surface area contributed by atoms with E-state index in [0.717, 1.165) is 63.4 Å². The Balaban J connectivity index is 1.46. The number of likely N-dealkylation sites (tertiary alicyclic amines) is 1. The van der Waals surface area contributed by atoms with E-state index in [-0.39, 0.29) is 11.5 Å². The van der Waals surface area contributed by atoms with Crippen LogP contribution in [0.5, 0.6) is 0 Å². The molecule has 1 aromatic heterocycles. The average molecular weight is 332 g/mol. The minimum atomic E-state index is -0.0309. The lowest BCUT2D eigenvalue weighted by molar-refractivity contribution is -0.135. The summed E-state index contributed by atoms with van der Waals surface area (Å²) >= 11 is 0. The molecule has 1 atom stereocenters. The van der Waals surface area contributed by atoms with Gasteiger partial charge in [0.25, 0.3) is 0 Å². The minimum absolute atomic E-state index is 0.0309. The molecule has 0 N–H and O–H groups in total. The minimum Gasteiger partial charge on any atom is -0.375 e. The fourth-order valence-corrected chi connectivity index (χ4v) is 4.03. The van der Waals surface area contributed by atoms with Gasteiger partial charge in [-0.15, -0.1) is 0 Å². The van der Waals surface area contributed by atoms with Crippen LogP contribution in [0.4, 0.5) is 0 Å². The van der Waals surface area contributed by atoms with Crippen LogP contribution < -0.4 is 0 Å². The van der Waals surface area contributed by atoms with Crippen molar-refractivity contribution in [2.45, 2.75) is 51.7 Å². The molecule has 0 aliphatic carbocycles. The van der Waals surface area contributed by atoms with E-state index in [1.54, 1.807) is 6.92 Å². The first-order chi connectivity index (χ1) is 11.6. The second-order valence-corrected chi connectivity index (χ2v) is 7.02. The van der Waals surface area contributed by atoms with E-state index in [0.29, 0.717) is 12.5 Å². The van der Waals surface area contributed by atoms with E-state index < -0.39 is 0 Å². The van der Waals surface area contributed by atoms with Crippen molar-refractivity contribution in [2.24, 2.45) is 5.92 Å². The first kappa shape index (κ1) is 17.4. The van der Waals surface area contributed by atoms with Crippen molar-refractivity contribution in [1.82, 2.24) is 9.88 Å². The number of carbonyl (C=O) groups excluding carboxylic acids is 1. The Morgan fingerprint density at radius 3 is 2.92 bits per heavy atom. The summed E-state index contributed by atoms with van der Waals surface area (Å²) in [5.74, 6) is 0.713. The molecule has 5 heteroatoms. The van der Waals surface area contributed by atoms with Gasteiger partial charge in [0, 0.05) is 38.9 Å². The highest BCUT2D eigenvalue weighted by atomic mass is 16.5. The summed E-state index contributed by atoms with van der Waals surface area (Å²) in [5.41, 5.74) is 1.98. The summed E-state index contributed by atoms with van der Waals surface area (Å²) in [7, 11) is 0. The molecule has 2 fully saturated rings. The lowest BCUT2D eigenvalue weighted by Gasteiger charge is -2.42. The van der Waals surface area contributed by atoms with Gasteiger partial charge in [-0.05, 0) is 50.7 Å². The van der Waals surface area contributed by atoms with Crippen molar-refractivity contribution in [2.75, 3.05) is 26.3 Å². The standard InChI is InChI=1S/C19H28N2O3/c1-15-4-3-5-18(20-15)14-23-12-6-17-7-13-24-19(17)8-10-21(11-9-19)16(2)22/h3-5,17H,6-14H2,1-2H3/t17-/m0/s1. The van der Waals surface area contributed by atoms with Gasteiger partial charge < -0.3 is 14.4 Å². The molecule has 3 rings (SSSR count). The third kappa shape index (κ3) is 3.95. The van der Waals surface area contributed by atoms with Gasteiger partial charge in [0.05, 0.1) is 17.9 Å². The van der Waals surface area contributed by atoms with E-state index in [1.807, 2.05) is 30.0 Å². The molecule has 3 heterocycles. The number of nitrogens with zero attached hydrogens (tertiary/aromatic N) is 2. The molecule has 1 aromatic rings. The van der Waals surface area contributed by atoms with Crippen molar-refractivity contribution in [3.8, 4) is 0 Å². The third-order valence-electron chi connectivity index (χ3n) is 5.46. The van der Waals surface area contributed by atoms with Gasteiger partial charge in [0.15, 0.2) is 0 Å².